The van der Waals surface area contributed by atoms with Crippen molar-refractivity contribution in [3.8, 4) is 0 Å². The van der Waals surface area contributed by atoms with Crippen LogP contribution in [0.2, 0.25) is 0 Å². The Labute approximate surface area is 125 Å². The molecule has 1 heterocycles. The van der Waals surface area contributed by atoms with Gasteiger partial charge in [-0.05, 0) is 12.8 Å². The van der Waals surface area contributed by atoms with E-state index in [0.717, 1.165) is 0 Å². The van der Waals surface area contributed by atoms with E-state index in [-0.39, 0.29) is 50.5 Å². The minimum atomic E-state index is -3.51. The number of carboxylic acids is 1. The van der Waals surface area contributed by atoms with Crippen molar-refractivity contribution >= 4 is 26.0 Å². The van der Waals surface area contributed by atoms with Gasteiger partial charge in [0.1, 0.15) is 0 Å². The molecule has 0 amide bonds. The monoisotopic (exact) mass is 342 g/mol. The average molecular weight is 342 g/mol. The fourth-order valence-electron chi connectivity index (χ4n) is 2.15. The maximum Gasteiger partial charge on any atom is 0.303 e. The van der Waals surface area contributed by atoms with E-state index in [4.69, 9.17) is 5.11 Å². The second kappa shape index (κ2) is 7.52. The Bertz CT molecular complexity index is 549. The molecule has 1 N–H and O–H groups in total. The summed E-state index contributed by atoms with van der Waals surface area (Å²) in [6.07, 6.45) is 0.395. The van der Waals surface area contributed by atoms with Gasteiger partial charge in [0.2, 0.25) is 20.0 Å². The summed E-state index contributed by atoms with van der Waals surface area (Å²) in [5, 5.41) is 8.51. The molecule has 21 heavy (non-hydrogen) atoms. The van der Waals surface area contributed by atoms with Gasteiger partial charge in [-0.2, -0.15) is 8.61 Å². The zero-order valence-corrected chi connectivity index (χ0v) is 13.7. The molecule has 1 fully saturated rings. The summed E-state index contributed by atoms with van der Waals surface area (Å²) in [6.45, 7) is 2.33. The standard InChI is InChI=1S/C11H22N2O6S2/c1-2-9-20(16,17)12-5-7-13(8-6-12)21(18,19)10-3-4-11(14)15/h2-10H2,1H3,(H,14,15). The second-order valence-corrected chi connectivity index (χ2v) is 9.10. The van der Waals surface area contributed by atoms with Crippen molar-refractivity contribution in [1.29, 1.82) is 0 Å². The SMILES string of the molecule is CCCS(=O)(=O)N1CCN(S(=O)(=O)CCCC(=O)O)CC1. The summed E-state index contributed by atoms with van der Waals surface area (Å²) in [5.41, 5.74) is 0. The molecule has 8 nitrogen and oxygen atoms in total. The van der Waals surface area contributed by atoms with Gasteiger partial charge in [-0.3, -0.25) is 4.79 Å². The summed E-state index contributed by atoms with van der Waals surface area (Å²) in [7, 11) is -6.81. The van der Waals surface area contributed by atoms with E-state index in [2.05, 4.69) is 0 Å². The van der Waals surface area contributed by atoms with E-state index in [1.54, 1.807) is 6.92 Å². The molecule has 0 radical (unpaired) electrons. The van der Waals surface area contributed by atoms with Gasteiger partial charge in [0.25, 0.3) is 0 Å². The lowest BCUT2D eigenvalue weighted by atomic mass is 10.3. The van der Waals surface area contributed by atoms with Crippen molar-refractivity contribution in [1.82, 2.24) is 8.61 Å². The van der Waals surface area contributed by atoms with Crippen molar-refractivity contribution in [2.24, 2.45) is 0 Å². The van der Waals surface area contributed by atoms with Crippen LogP contribution < -0.4 is 0 Å². The fraction of sp³-hybridized carbons (Fsp3) is 0.909. The summed E-state index contributed by atoms with van der Waals surface area (Å²) in [4.78, 5) is 10.4. The van der Waals surface area contributed by atoms with E-state index in [1.165, 1.54) is 8.61 Å². The first-order valence-electron chi connectivity index (χ1n) is 6.86. The molecular formula is C11H22N2O6S2. The molecule has 1 rings (SSSR count). The van der Waals surface area contributed by atoms with E-state index in [9.17, 15) is 21.6 Å². The Morgan fingerprint density at radius 2 is 1.38 bits per heavy atom. The van der Waals surface area contributed by atoms with Crippen LogP contribution in [0.3, 0.4) is 0 Å². The molecule has 1 saturated heterocycles. The normalized spacial score (nSPS) is 18.7. The Morgan fingerprint density at radius 3 is 1.76 bits per heavy atom. The molecule has 0 aromatic heterocycles. The number of carboxylic acid groups (broad SMARTS) is 1. The minimum absolute atomic E-state index is 0.0615. The van der Waals surface area contributed by atoms with Crippen LogP contribution >= 0.6 is 0 Å². The van der Waals surface area contributed by atoms with Crippen molar-refractivity contribution in [2.45, 2.75) is 26.2 Å². The maximum atomic E-state index is 12.0. The zero-order valence-electron chi connectivity index (χ0n) is 12.1. The molecule has 10 heteroatoms. The van der Waals surface area contributed by atoms with Gasteiger partial charge >= 0.3 is 5.97 Å². The third-order valence-electron chi connectivity index (χ3n) is 3.24. The lowest BCUT2D eigenvalue weighted by Gasteiger charge is -2.33. The van der Waals surface area contributed by atoms with Gasteiger partial charge in [0, 0.05) is 32.6 Å². The van der Waals surface area contributed by atoms with Gasteiger partial charge in [-0.25, -0.2) is 16.8 Å². The first-order chi connectivity index (χ1) is 9.69. The van der Waals surface area contributed by atoms with Crippen LogP contribution in [0, 0.1) is 0 Å². The van der Waals surface area contributed by atoms with E-state index in [1.807, 2.05) is 0 Å². The maximum absolute atomic E-state index is 12.0. The number of aliphatic carboxylic acids is 1. The molecule has 0 bridgehead atoms. The molecular weight excluding hydrogens is 320 g/mol. The number of rotatable bonds is 8. The molecule has 0 atom stereocenters. The Hall–Kier alpha value is -0.710. The first-order valence-corrected chi connectivity index (χ1v) is 10.1. The van der Waals surface area contributed by atoms with Crippen LogP contribution in [-0.4, -0.2) is 74.2 Å². The summed E-state index contributed by atoms with van der Waals surface area (Å²) < 4.78 is 50.4. The molecule has 124 valence electrons. The predicted molar refractivity (Wildman–Crippen MR) is 77.9 cm³/mol. The van der Waals surface area contributed by atoms with E-state index in [0.29, 0.717) is 6.42 Å². The Kier molecular flexibility index (Phi) is 6.57. The lowest BCUT2D eigenvalue weighted by Crippen LogP contribution is -2.51. The van der Waals surface area contributed by atoms with Crippen LogP contribution in [-0.2, 0) is 24.8 Å². The Balaban J connectivity index is 2.54. The molecule has 0 unspecified atom stereocenters. The Morgan fingerprint density at radius 1 is 0.952 bits per heavy atom. The highest BCUT2D eigenvalue weighted by molar-refractivity contribution is 7.89. The molecule has 0 aromatic carbocycles. The first kappa shape index (κ1) is 18.3. The van der Waals surface area contributed by atoms with Crippen LogP contribution in [0.1, 0.15) is 26.2 Å². The highest BCUT2D eigenvalue weighted by Gasteiger charge is 2.31. The van der Waals surface area contributed by atoms with E-state index >= 15 is 0 Å². The van der Waals surface area contributed by atoms with Crippen LogP contribution in [0.25, 0.3) is 0 Å². The number of hydrogen-bond acceptors (Lipinski definition) is 5. The fourth-order valence-corrected chi connectivity index (χ4v) is 5.13. The molecule has 1 aliphatic heterocycles. The lowest BCUT2D eigenvalue weighted by molar-refractivity contribution is -0.137. The molecule has 1 aliphatic rings. The van der Waals surface area contributed by atoms with Crippen molar-refractivity contribution < 1.29 is 26.7 Å². The minimum Gasteiger partial charge on any atom is -0.481 e. The number of nitrogens with zero attached hydrogens (tertiary/aromatic N) is 2. The van der Waals surface area contributed by atoms with Gasteiger partial charge in [-0.15, -0.1) is 0 Å². The molecule has 0 aliphatic carbocycles. The smallest absolute Gasteiger partial charge is 0.303 e. The summed E-state index contributed by atoms with van der Waals surface area (Å²) in [5.74, 6) is -1.18. The molecule has 0 spiro atoms. The average Bonchev–Trinajstić information content (AvgIpc) is 2.38. The highest BCUT2D eigenvalue weighted by atomic mass is 32.2. The van der Waals surface area contributed by atoms with Crippen LogP contribution in [0.15, 0.2) is 0 Å². The third-order valence-corrected chi connectivity index (χ3v) is 7.27. The second-order valence-electron chi connectivity index (χ2n) is 4.93. The number of piperazine rings is 1. The van der Waals surface area contributed by atoms with Crippen molar-refractivity contribution in [3.63, 3.8) is 0 Å². The van der Waals surface area contributed by atoms with Gasteiger partial charge in [-0.1, -0.05) is 6.92 Å². The third kappa shape index (κ3) is 5.53. The van der Waals surface area contributed by atoms with Gasteiger partial charge in [0.05, 0.1) is 11.5 Å². The largest absolute Gasteiger partial charge is 0.481 e. The summed E-state index contributed by atoms with van der Waals surface area (Å²) >= 11 is 0. The van der Waals surface area contributed by atoms with Crippen LogP contribution in [0.5, 0.6) is 0 Å². The zero-order chi connectivity index (χ0) is 16.1. The quantitative estimate of drug-likeness (QED) is 0.639. The molecule has 0 saturated carbocycles. The van der Waals surface area contributed by atoms with Crippen molar-refractivity contribution in [3.05, 3.63) is 0 Å². The van der Waals surface area contributed by atoms with Gasteiger partial charge in [0.15, 0.2) is 0 Å². The van der Waals surface area contributed by atoms with Gasteiger partial charge < -0.3 is 5.11 Å². The highest BCUT2D eigenvalue weighted by Crippen LogP contribution is 2.13. The van der Waals surface area contributed by atoms with Crippen LogP contribution in [0.4, 0.5) is 0 Å². The number of hydrogen-bond donors (Lipinski definition) is 1. The predicted octanol–water partition coefficient (Wildman–Crippen LogP) is -0.462. The number of carbonyl (C=O) groups is 1. The topological polar surface area (TPSA) is 112 Å². The van der Waals surface area contributed by atoms with E-state index < -0.39 is 26.0 Å². The molecule has 0 aromatic rings. The summed E-state index contributed by atoms with van der Waals surface area (Å²) in [6, 6.07) is 0. The number of sulfonamides is 2. The van der Waals surface area contributed by atoms with Crippen molar-refractivity contribution in [2.75, 3.05) is 37.7 Å².